The van der Waals surface area contributed by atoms with Crippen molar-refractivity contribution in [3.8, 4) is 0 Å². The van der Waals surface area contributed by atoms with Gasteiger partial charge in [-0.25, -0.2) is 0 Å². The van der Waals surface area contributed by atoms with Gasteiger partial charge in [0.05, 0.1) is 6.54 Å². The molecule has 3 aromatic rings. The smallest absolute Gasteiger partial charge is 0.152 e. The van der Waals surface area contributed by atoms with Crippen LogP contribution in [-0.2, 0) is 13.6 Å². The van der Waals surface area contributed by atoms with Crippen LogP contribution in [0.4, 0.5) is 0 Å². The maximum atomic E-state index is 10.7. The minimum absolute atomic E-state index is 0.667. The van der Waals surface area contributed by atoms with Crippen LogP contribution >= 0.6 is 0 Å². The van der Waals surface area contributed by atoms with Crippen LogP contribution in [0.2, 0.25) is 0 Å². The molecule has 0 N–H and O–H groups in total. The zero-order valence-corrected chi connectivity index (χ0v) is 9.95. The Balaban J connectivity index is 2.03. The summed E-state index contributed by atoms with van der Waals surface area (Å²) in [5.41, 5.74) is 1.78. The molecule has 0 radical (unpaired) electrons. The highest BCUT2D eigenvalue weighted by molar-refractivity contribution is 5.87. The van der Waals surface area contributed by atoms with Crippen molar-refractivity contribution < 1.29 is 4.79 Å². The summed E-state index contributed by atoms with van der Waals surface area (Å²) in [6.07, 6.45) is 4.54. The first-order valence-electron chi connectivity index (χ1n) is 5.65. The van der Waals surface area contributed by atoms with Crippen molar-refractivity contribution >= 4 is 17.2 Å². The van der Waals surface area contributed by atoms with Crippen LogP contribution in [0.15, 0.2) is 36.8 Å². The maximum absolute atomic E-state index is 10.7. The fourth-order valence-corrected chi connectivity index (χ4v) is 2.03. The molecule has 0 saturated carbocycles. The van der Waals surface area contributed by atoms with Gasteiger partial charge in [0, 0.05) is 29.7 Å². The van der Waals surface area contributed by atoms with Crippen molar-refractivity contribution in [2.24, 2.45) is 7.05 Å². The van der Waals surface area contributed by atoms with Crippen molar-refractivity contribution in [3.05, 3.63) is 48.2 Å². The quantitative estimate of drug-likeness (QED) is 0.654. The average Bonchev–Trinajstić information content (AvgIpc) is 2.97. The number of carbonyl (C=O) groups is 1. The Bertz CT molecular complexity index is 711. The summed E-state index contributed by atoms with van der Waals surface area (Å²) < 4.78 is 3.99. The topological polar surface area (TPSA) is 52.7 Å². The van der Waals surface area contributed by atoms with E-state index in [9.17, 15) is 4.79 Å². The Labute approximate surface area is 104 Å². The van der Waals surface area contributed by atoms with Gasteiger partial charge in [0.15, 0.2) is 5.82 Å². The van der Waals surface area contributed by atoms with Gasteiger partial charge in [-0.05, 0) is 24.3 Å². The lowest BCUT2D eigenvalue weighted by atomic mass is 10.2. The predicted molar refractivity (Wildman–Crippen MR) is 67.4 cm³/mol. The number of aryl methyl sites for hydroxylation is 1. The minimum Gasteiger partial charge on any atom is -0.340 e. The molecule has 0 atom stereocenters. The largest absolute Gasteiger partial charge is 0.340 e. The number of hydrogen-bond acceptors (Lipinski definition) is 3. The van der Waals surface area contributed by atoms with Crippen molar-refractivity contribution in [1.82, 2.24) is 19.3 Å². The first-order chi connectivity index (χ1) is 8.78. The van der Waals surface area contributed by atoms with Crippen LogP contribution in [0.25, 0.3) is 10.9 Å². The van der Waals surface area contributed by atoms with Gasteiger partial charge < -0.3 is 9.13 Å². The highest BCUT2D eigenvalue weighted by Crippen LogP contribution is 2.17. The minimum atomic E-state index is 0.667. The molecule has 0 unspecified atom stereocenters. The van der Waals surface area contributed by atoms with E-state index >= 15 is 0 Å². The zero-order chi connectivity index (χ0) is 12.5. The Hall–Kier alpha value is -2.43. The van der Waals surface area contributed by atoms with Gasteiger partial charge in [0.1, 0.15) is 12.6 Å². The van der Waals surface area contributed by atoms with Crippen molar-refractivity contribution in [2.45, 2.75) is 6.54 Å². The summed E-state index contributed by atoms with van der Waals surface area (Å²) in [6.45, 7) is 0.667. The molecule has 0 saturated heterocycles. The molecule has 0 fully saturated rings. The highest BCUT2D eigenvalue weighted by atomic mass is 16.1. The molecule has 0 aliphatic carbocycles. The standard InChI is InChI=1S/C13H12N4O/c1-16-9-14-15-13(16)7-17-5-4-11-6-10(8-18)2-3-12(11)17/h2-6,8-9H,7H2,1H3. The number of fused-ring (bicyclic) bond motifs is 1. The van der Waals surface area contributed by atoms with Crippen molar-refractivity contribution in [1.29, 1.82) is 0 Å². The lowest BCUT2D eigenvalue weighted by Crippen LogP contribution is -2.04. The summed E-state index contributed by atoms with van der Waals surface area (Å²) in [6, 6.07) is 7.66. The first kappa shape index (κ1) is 10.7. The third kappa shape index (κ3) is 1.69. The molecule has 0 spiro atoms. The Morgan fingerprint density at radius 1 is 1.33 bits per heavy atom. The van der Waals surface area contributed by atoms with Gasteiger partial charge in [0.2, 0.25) is 0 Å². The SMILES string of the molecule is Cn1cnnc1Cn1ccc2cc(C=O)ccc21. The van der Waals surface area contributed by atoms with Crippen LogP contribution in [0, 0.1) is 0 Å². The first-order valence-corrected chi connectivity index (χ1v) is 5.65. The highest BCUT2D eigenvalue weighted by Gasteiger charge is 2.06. The zero-order valence-electron chi connectivity index (χ0n) is 9.95. The summed E-state index contributed by atoms with van der Waals surface area (Å²) in [4.78, 5) is 10.7. The third-order valence-corrected chi connectivity index (χ3v) is 3.05. The van der Waals surface area contributed by atoms with Crippen LogP contribution in [-0.4, -0.2) is 25.6 Å². The predicted octanol–water partition coefficient (Wildman–Crippen LogP) is 1.63. The van der Waals surface area contributed by atoms with E-state index in [4.69, 9.17) is 0 Å². The molecule has 90 valence electrons. The number of aromatic nitrogens is 4. The van der Waals surface area contributed by atoms with Crippen LogP contribution in [0.1, 0.15) is 16.2 Å². The number of benzene rings is 1. The second-order valence-corrected chi connectivity index (χ2v) is 4.24. The molecule has 2 aromatic heterocycles. The normalized spacial score (nSPS) is 10.9. The molecule has 0 amide bonds. The second-order valence-electron chi connectivity index (χ2n) is 4.24. The van der Waals surface area contributed by atoms with E-state index in [-0.39, 0.29) is 0 Å². The van der Waals surface area contributed by atoms with Crippen molar-refractivity contribution in [2.75, 3.05) is 0 Å². The lowest BCUT2D eigenvalue weighted by molar-refractivity contribution is 0.112. The van der Waals surface area contributed by atoms with Gasteiger partial charge in [-0.3, -0.25) is 4.79 Å². The van der Waals surface area contributed by atoms with Crippen LogP contribution in [0.5, 0.6) is 0 Å². The van der Waals surface area contributed by atoms with E-state index in [1.54, 1.807) is 6.33 Å². The lowest BCUT2D eigenvalue weighted by Gasteiger charge is -2.04. The molecule has 5 heteroatoms. The fraction of sp³-hybridized carbons (Fsp3) is 0.154. The Kier molecular flexibility index (Phi) is 2.44. The van der Waals surface area contributed by atoms with E-state index in [2.05, 4.69) is 14.8 Å². The second kappa shape index (κ2) is 4.10. The summed E-state index contributed by atoms with van der Waals surface area (Å²) >= 11 is 0. The van der Waals surface area contributed by atoms with Crippen LogP contribution in [0.3, 0.4) is 0 Å². The average molecular weight is 240 g/mol. The molecule has 18 heavy (non-hydrogen) atoms. The van der Waals surface area contributed by atoms with Gasteiger partial charge in [0.25, 0.3) is 0 Å². The van der Waals surface area contributed by atoms with E-state index < -0.39 is 0 Å². The van der Waals surface area contributed by atoms with E-state index in [1.165, 1.54) is 0 Å². The fourth-order valence-electron chi connectivity index (χ4n) is 2.03. The molecular formula is C13H12N4O. The van der Waals surface area contributed by atoms with Crippen LogP contribution < -0.4 is 0 Å². The number of aldehydes is 1. The molecule has 5 nitrogen and oxygen atoms in total. The van der Waals surface area contributed by atoms with Gasteiger partial charge in [-0.1, -0.05) is 0 Å². The van der Waals surface area contributed by atoms with Crippen molar-refractivity contribution in [3.63, 3.8) is 0 Å². The van der Waals surface area contributed by atoms with Gasteiger partial charge in [-0.15, -0.1) is 10.2 Å². The van der Waals surface area contributed by atoms with E-state index in [0.29, 0.717) is 12.1 Å². The summed E-state index contributed by atoms with van der Waals surface area (Å²) in [5, 5.41) is 8.99. The van der Waals surface area contributed by atoms with E-state index in [1.807, 2.05) is 42.1 Å². The molecule has 0 bridgehead atoms. The number of rotatable bonds is 3. The molecular weight excluding hydrogens is 228 g/mol. The van der Waals surface area contributed by atoms with Gasteiger partial charge in [-0.2, -0.15) is 0 Å². The summed E-state index contributed by atoms with van der Waals surface area (Å²) in [7, 11) is 1.92. The maximum Gasteiger partial charge on any atom is 0.152 e. The third-order valence-electron chi connectivity index (χ3n) is 3.05. The molecule has 2 heterocycles. The number of nitrogens with zero attached hydrogens (tertiary/aromatic N) is 4. The van der Waals surface area contributed by atoms with E-state index in [0.717, 1.165) is 23.0 Å². The van der Waals surface area contributed by atoms with Gasteiger partial charge >= 0.3 is 0 Å². The molecule has 3 rings (SSSR count). The Morgan fingerprint density at radius 2 is 2.22 bits per heavy atom. The Morgan fingerprint density at radius 3 is 2.94 bits per heavy atom. The number of carbonyl (C=O) groups excluding carboxylic acids is 1. The molecule has 0 aliphatic rings. The number of hydrogen-bond donors (Lipinski definition) is 0. The molecule has 1 aromatic carbocycles. The molecule has 0 aliphatic heterocycles. The summed E-state index contributed by atoms with van der Waals surface area (Å²) in [5.74, 6) is 0.895. The monoisotopic (exact) mass is 240 g/mol.